The second-order valence-corrected chi connectivity index (χ2v) is 18.4. The average molecular weight is 871 g/mol. The van der Waals surface area contributed by atoms with Crippen LogP contribution >= 0.6 is 0 Å². The van der Waals surface area contributed by atoms with Gasteiger partial charge in [0.05, 0.1) is 11.4 Å². The molecule has 3 nitrogen and oxygen atoms in total. The molecule has 0 amide bonds. The SMILES string of the molecule is CC1(C)c2ccccc2-c2ccc(N(c3ccc4c(c3)c3ccccc3c3c5ccc(N(c6ccccc6)c6ccccc6-c6ccccc6)cc5oc43)c3ccccc3-c3ccccc3)cc21. The monoisotopic (exact) mass is 870 g/mol. The van der Waals surface area contributed by atoms with E-state index in [-0.39, 0.29) is 5.41 Å². The number of fused-ring (bicyclic) bond motifs is 11. The van der Waals surface area contributed by atoms with Crippen molar-refractivity contribution in [3.8, 4) is 33.4 Å². The Morgan fingerprint density at radius 1 is 0.324 bits per heavy atom. The number of hydrogen-bond acceptors (Lipinski definition) is 3. The largest absolute Gasteiger partial charge is 0.455 e. The maximum absolute atomic E-state index is 7.16. The Kier molecular flexibility index (Phi) is 9.19. The molecule has 13 rings (SSSR count). The molecule has 11 aromatic carbocycles. The minimum Gasteiger partial charge on any atom is -0.455 e. The molecule has 0 unspecified atom stereocenters. The van der Waals surface area contributed by atoms with Crippen LogP contribution in [-0.4, -0.2) is 0 Å². The zero-order valence-electron chi connectivity index (χ0n) is 37.9. The topological polar surface area (TPSA) is 19.6 Å². The van der Waals surface area contributed by atoms with E-state index in [1.165, 1.54) is 49.7 Å². The number of benzene rings is 11. The van der Waals surface area contributed by atoms with E-state index in [0.717, 1.165) is 72.4 Å². The lowest BCUT2D eigenvalue weighted by Crippen LogP contribution is -2.16. The molecule has 0 N–H and O–H groups in total. The molecule has 68 heavy (non-hydrogen) atoms. The molecule has 0 radical (unpaired) electrons. The zero-order valence-corrected chi connectivity index (χ0v) is 37.9. The van der Waals surface area contributed by atoms with Crippen molar-refractivity contribution in [2.24, 2.45) is 0 Å². The quantitative estimate of drug-likeness (QED) is 0.142. The van der Waals surface area contributed by atoms with E-state index in [2.05, 4.69) is 266 Å². The molecule has 3 heteroatoms. The average Bonchev–Trinajstić information content (AvgIpc) is 3.89. The van der Waals surface area contributed by atoms with Crippen molar-refractivity contribution in [1.82, 2.24) is 0 Å². The van der Waals surface area contributed by atoms with Crippen LogP contribution in [0.1, 0.15) is 25.0 Å². The van der Waals surface area contributed by atoms with Gasteiger partial charge in [-0.1, -0.05) is 184 Å². The van der Waals surface area contributed by atoms with Crippen molar-refractivity contribution < 1.29 is 4.42 Å². The smallest absolute Gasteiger partial charge is 0.143 e. The van der Waals surface area contributed by atoms with Crippen molar-refractivity contribution in [2.45, 2.75) is 19.3 Å². The second-order valence-electron chi connectivity index (χ2n) is 18.4. The molecule has 0 saturated heterocycles. The van der Waals surface area contributed by atoms with Crippen LogP contribution in [0.15, 0.2) is 247 Å². The molecule has 322 valence electrons. The third-order valence-electron chi connectivity index (χ3n) is 14.2. The van der Waals surface area contributed by atoms with Gasteiger partial charge in [-0.25, -0.2) is 0 Å². The molecule has 1 aliphatic rings. The zero-order chi connectivity index (χ0) is 45.3. The third-order valence-corrected chi connectivity index (χ3v) is 14.2. The molecule has 1 heterocycles. The lowest BCUT2D eigenvalue weighted by atomic mass is 9.82. The molecule has 12 aromatic rings. The van der Waals surface area contributed by atoms with E-state index in [1.54, 1.807) is 0 Å². The Morgan fingerprint density at radius 3 is 1.49 bits per heavy atom. The number of para-hydroxylation sites is 3. The first-order valence-corrected chi connectivity index (χ1v) is 23.5. The third kappa shape index (κ3) is 6.27. The Labute approximate surface area is 396 Å². The summed E-state index contributed by atoms with van der Waals surface area (Å²) in [7, 11) is 0. The van der Waals surface area contributed by atoms with Crippen molar-refractivity contribution >= 4 is 77.6 Å². The fourth-order valence-corrected chi connectivity index (χ4v) is 11.0. The number of anilines is 6. The van der Waals surface area contributed by atoms with Gasteiger partial charge in [-0.2, -0.15) is 0 Å². The first kappa shape index (κ1) is 39.7. The summed E-state index contributed by atoms with van der Waals surface area (Å²) < 4.78 is 7.16. The fourth-order valence-electron chi connectivity index (χ4n) is 11.0. The summed E-state index contributed by atoms with van der Waals surface area (Å²) >= 11 is 0. The van der Waals surface area contributed by atoms with E-state index in [9.17, 15) is 0 Å². The highest BCUT2D eigenvalue weighted by atomic mass is 16.3. The van der Waals surface area contributed by atoms with E-state index >= 15 is 0 Å². The first-order valence-electron chi connectivity index (χ1n) is 23.5. The van der Waals surface area contributed by atoms with E-state index < -0.39 is 0 Å². The van der Waals surface area contributed by atoms with Crippen molar-refractivity contribution in [1.29, 1.82) is 0 Å². The predicted octanol–water partition coefficient (Wildman–Crippen LogP) is 18.5. The predicted molar refractivity (Wildman–Crippen MR) is 287 cm³/mol. The summed E-state index contributed by atoms with van der Waals surface area (Å²) in [6.45, 7) is 4.71. The van der Waals surface area contributed by atoms with E-state index in [4.69, 9.17) is 4.42 Å². The Bertz CT molecular complexity index is 3890. The summed E-state index contributed by atoms with van der Waals surface area (Å²) in [5.74, 6) is 0. The van der Waals surface area contributed by atoms with Crippen LogP contribution in [0, 0.1) is 0 Å². The van der Waals surface area contributed by atoms with Gasteiger partial charge in [0.15, 0.2) is 0 Å². The summed E-state index contributed by atoms with van der Waals surface area (Å²) in [5.41, 5.74) is 18.1. The van der Waals surface area contributed by atoms with Crippen LogP contribution in [0.3, 0.4) is 0 Å². The lowest BCUT2D eigenvalue weighted by Gasteiger charge is -2.30. The molecule has 1 aromatic heterocycles. The van der Waals surface area contributed by atoms with Gasteiger partial charge in [0.1, 0.15) is 11.2 Å². The molecular weight excluding hydrogens is 825 g/mol. The summed E-state index contributed by atoms with van der Waals surface area (Å²) in [6.07, 6.45) is 0. The van der Waals surface area contributed by atoms with Crippen LogP contribution in [0.25, 0.3) is 76.9 Å². The highest BCUT2D eigenvalue weighted by molar-refractivity contribution is 6.30. The summed E-state index contributed by atoms with van der Waals surface area (Å²) in [4.78, 5) is 4.80. The van der Waals surface area contributed by atoms with E-state index in [1.807, 2.05) is 0 Å². The molecule has 0 atom stereocenters. The minimum atomic E-state index is -0.150. The van der Waals surface area contributed by atoms with Crippen molar-refractivity contribution in [3.63, 3.8) is 0 Å². The van der Waals surface area contributed by atoms with Gasteiger partial charge in [-0.05, 0) is 116 Å². The summed E-state index contributed by atoms with van der Waals surface area (Å²) in [6, 6.07) is 87.9. The van der Waals surface area contributed by atoms with Crippen LogP contribution in [0.4, 0.5) is 34.1 Å². The van der Waals surface area contributed by atoms with Crippen LogP contribution < -0.4 is 9.80 Å². The molecule has 0 bridgehead atoms. The van der Waals surface area contributed by atoms with Gasteiger partial charge in [0.25, 0.3) is 0 Å². The normalized spacial score (nSPS) is 12.7. The number of hydrogen-bond donors (Lipinski definition) is 0. The second kappa shape index (κ2) is 15.8. The molecular formula is C65H46N2O. The first-order chi connectivity index (χ1) is 33.5. The summed E-state index contributed by atoms with van der Waals surface area (Å²) in [5, 5.41) is 6.80. The molecule has 1 aliphatic carbocycles. The highest BCUT2D eigenvalue weighted by Gasteiger charge is 2.36. The Morgan fingerprint density at radius 2 is 0.809 bits per heavy atom. The molecule has 0 saturated carbocycles. The van der Waals surface area contributed by atoms with Crippen LogP contribution in [0.2, 0.25) is 0 Å². The van der Waals surface area contributed by atoms with Gasteiger partial charge < -0.3 is 14.2 Å². The fraction of sp³-hybridized carbons (Fsp3) is 0.0462. The number of rotatable bonds is 8. The van der Waals surface area contributed by atoms with Crippen LogP contribution in [0.5, 0.6) is 0 Å². The Balaban J connectivity index is 1.02. The molecule has 0 aliphatic heterocycles. The van der Waals surface area contributed by atoms with Gasteiger partial charge >= 0.3 is 0 Å². The molecule has 0 fully saturated rings. The highest BCUT2D eigenvalue weighted by Crippen LogP contribution is 2.52. The van der Waals surface area contributed by atoms with Gasteiger partial charge in [0, 0.05) is 61.5 Å². The van der Waals surface area contributed by atoms with Gasteiger partial charge in [0.2, 0.25) is 0 Å². The number of nitrogens with zero attached hydrogens (tertiary/aromatic N) is 2. The van der Waals surface area contributed by atoms with Crippen molar-refractivity contribution in [3.05, 3.63) is 254 Å². The maximum atomic E-state index is 7.16. The van der Waals surface area contributed by atoms with Gasteiger partial charge in [-0.15, -0.1) is 0 Å². The molecule has 0 spiro atoms. The van der Waals surface area contributed by atoms with Gasteiger partial charge in [-0.3, -0.25) is 0 Å². The van der Waals surface area contributed by atoms with E-state index in [0.29, 0.717) is 0 Å². The maximum Gasteiger partial charge on any atom is 0.143 e. The number of furan rings is 1. The standard InChI is InChI=1S/C65H46N2O/c1-65(2)58-31-17-14-29-52(58)53-37-34-47(41-59(53)65)67(61-33-19-16-27-50(61)44-22-8-4-9-23-44)46-35-38-55-57(40-46)51-28-12-13-30-54(51)63-56-39-36-48(42-62(56)68-64(55)63)66(45-24-10-5-11-25-45)60-32-18-15-26-49(60)43-20-6-3-7-21-43/h3-42H,1-2H3. The van der Waals surface area contributed by atoms with Crippen molar-refractivity contribution in [2.75, 3.05) is 9.80 Å². The lowest BCUT2D eigenvalue weighted by molar-refractivity contribution is 0.660. The Hall–Kier alpha value is -8.66. The van der Waals surface area contributed by atoms with Crippen LogP contribution in [-0.2, 0) is 5.41 Å². The minimum absolute atomic E-state index is 0.150.